The summed E-state index contributed by atoms with van der Waals surface area (Å²) in [6, 6.07) is 2.01. The SMILES string of the molecule is O=C(C1CCC(c2nnn3cnc4[nH]ccc4c23)CC1)N1CC[C@H](O)C1. The number of rotatable bonds is 2. The van der Waals surface area contributed by atoms with Gasteiger partial charge in [0, 0.05) is 36.5 Å². The quantitative estimate of drug-likeness (QED) is 0.726. The first kappa shape index (κ1) is 15.7. The highest BCUT2D eigenvalue weighted by Gasteiger charge is 2.34. The summed E-state index contributed by atoms with van der Waals surface area (Å²) < 4.78 is 1.74. The van der Waals surface area contributed by atoms with Crippen LogP contribution in [0.25, 0.3) is 16.6 Å². The van der Waals surface area contributed by atoms with E-state index in [1.807, 2.05) is 17.2 Å². The van der Waals surface area contributed by atoms with Crippen molar-refractivity contribution in [2.45, 2.75) is 44.1 Å². The van der Waals surface area contributed by atoms with Gasteiger partial charge < -0.3 is 15.0 Å². The Labute approximate surface area is 150 Å². The number of hydrogen-bond acceptors (Lipinski definition) is 5. The molecule has 1 saturated carbocycles. The van der Waals surface area contributed by atoms with Gasteiger partial charge in [0.15, 0.2) is 0 Å². The molecule has 1 saturated heterocycles. The van der Waals surface area contributed by atoms with Gasteiger partial charge in [-0.3, -0.25) is 4.79 Å². The molecule has 1 aliphatic carbocycles. The predicted molar refractivity (Wildman–Crippen MR) is 94.5 cm³/mol. The van der Waals surface area contributed by atoms with Crippen molar-refractivity contribution in [2.75, 3.05) is 13.1 Å². The van der Waals surface area contributed by atoms with Crippen molar-refractivity contribution in [3.05, 3.63) is 24.3 Å². The van der Waals surface area contributed by atoms with Crippen LogP contribution in [0.1, 0.15) is 43.7 Å². The smallest absolute Gasteiger partial charge is 0.225 e. The van der Waals surface area contributed by atoms with Crippen LogP contribution in [-0.4, -0.2) is 59.9 Å². The Hall–Kier alpha value is -2.48. The molecule has 1 amide bonds. The van der Waals surface area contributed by atoms with Gasteiger partial charge in [0.05, 0.1) is 11.8 Å². The lowest BCUT2D eigenvalue weighted by molar-refractivity contribution is -0.135. The zero-order chi connectivity index (χ0) is 17.7. The highest BCUT2D eigenvalue weighted by atomic mass is 16.3. The van der Waals surface area contributed by atoms with Crippen molar-refractivity contribution in [1.29, 1.82) is 0 Å². The number of carbonyl (C=O) groups is 1. The van der Waals surface area contributed by atoms with Crippen molar-refractivity contribution in [1.82, 2.24) is 29.7 Å². The van der Waals surface area contributed by atoms with E-state index < -0.39 is 0 Å². The Kier molecular flexibility index (Phi) is 3.66. The average molecular weight is 354 g/mol. The number of aromatic amines is 1. The molecule has 8 nitrogen and oxygen atoms in total. The van der Waals surface area contributed by atoms with Crippen molar-refractivity contribution >= 4 is 22.5 Å². The molecule has 26 heavy (non-hydrogen) atoms. The van der Waals surface area contributed by atoms with Gasteiger partial charge in [-0.2, -0.15) is 0 Å². The van der Waals surface area contributed by atoms with Gasteiger partial charge in [-0.15, -0.1) is 5.10 Å². The standard InChI is InChI=1S/C18H22N6O2/c25-13-6-8-23(9-13)18(26)12-3-1-11(2-4-12)15-16-14-5-7-19-17(14)20-10-24(16)22-21-15/h5,7,10-13,19,25H,1-4,6,8-9H2/t11?,12?,13-/m0/s1. The van der Waals surface area contributed by atoms with Crippen molar-refractivity contribution in [3.8, 4) is 0 Å². The molecule has 2 aliphatic rings. The van der Waals surface area contributed by atoms with E-state index in [0.29, 0.717) is 25.4 Å². The number of aliphatic hydroxyl groups is 1. The van der Waals surface area contributed by atoms with Crippen LogP contribution in [0, 0.1) is 5.92 Å². The molecule has 8 heteroatoms. The molecule has 0 aromatic carbocycles. The van der Waals surface area contributed by atoms with Crippen LogP contribution in [-0.2, 0) is 4.79 Å². The molecular formula is C18H22N6O2. The number of amides is 1. The number of β-amino-alcohol motifs (C(OH)–C–C–N with tert-alkyl or cyclic N) is 1. The third kappa shape index (κ3) is 2.47. The Bertz CT molecular complexity index is 955. The monoisotopic (exact) mass is 354 g/mol. The molecule has 1 atom stereocenters. The van der Waals surface area contributed by atoms with Crippen molar-refractivity contribution < 1.29 is 9.90 Å². The second-order valence-corrected chi connectivity index (χ2v) is 7.53. The first-order chi connectivity index (χ1) is 12.7. The van der Waals surface area contributed by atoms with E-state index in [2.05, 4.69) is 20.3 Å². The minimum absolute atomic E-state index is 0.0762. The number of aromatic nitrogens is 5. The third-order valence-electron chi connectivity index (χ3n) is 5.94. The number of nitrogens with one attached hydrogen (secondary N) is 1. The first-order valence-electron chi connectivity index (χ1n) is 9.34. The summed E-state index contributed by atoms with van der Waals surface area (Å²) in [6.07, 6.45) is 7.55. The second-order valence-electron chi connectivity index (χ2n) is 7.53. The number of carbonyl (C=O) groups excluding carboxylic acids is 1. The Morgan fingerprint density at radius 2 is 2.08 bits per heavy atom. The summed E-state index contributed by atoms with van der Waals surface area (Å²) in [7, 11) is 0. The molecule has 3 aromatic rings. The van der Waals surface area contributed by atoms with Crippen LogP contribution in [0.5, 0.6) is 0 Å². The predicted octanol–water partition coefficient (Wildman–Crippen LogP) is 1.47. The fourth-order valence-corrected chi connectivity index (χ4v) is 4.51. The number of H-pyrrole nitrogens is 1. The molecule has 5 rings (SSSR count). The molecule has 3 aromatic heterocycles. The molecule has 2 fully saturated rings. The van der Waals surface area contributed by atoms with E-state index in [-0.39, 0.29) is 17.9 Å². The average Bonchev–Trinajstić information content (AvgIpc) is 3.39. The van der Waals surface area contributed by atoms with Crippen molar-refractivity contribution in [3.63, 3.8) is 0 Å². The van der Waals surface area contributed by atoms with Crippen LogP contribution in [0.4, 0.5) is 0 Å². The molecule has 2 N–H and O–H groups in total. The summed E-state index contributed by atoms with van der Waals surface area (Å²) >= 11 is 0. The largest absolute Gasteiger partial charge is 0.391 e. The number of hydrogen-bond donors (Lipinski definition) is 2. The molecule has 136 valence electrons. The van der Waals surface area contributed by atoms with Crippen LogP contribution in [0.2, 0.25) is 0 Å². The van der Waals surface area contributed by atoms with Gasteiger partial charge >= 0.3 is 0 Å². The zero-order valence-electron chi connectivity index (χ0n) is 14.5. The molecule has 1 aliphatic heterocycles. The van der Waals surface area contributed by atoms with E-state index in [4.69, 9.17) is 0 Å². The number of likely N-dealkylation sites (tertiary alicyclic amines) is 1. The minimum Gasteiger partial charge on any atom is -0.391 e. The summed E-state index contributed by atoms with van der Waals surface area (Å²) in [4.78, 5) is 22.0. The van der Waals surface area contributed by atoms with Crippen molar-refractivity contribution in [2.24, 2.45) is 5.92 Å². The van der Waals surface area contributed by atoms with E-state index in [0.717, 1.165) is 47.9 Å². The van der Waals surface area contributed by atoms with E-state index in [1.165, 1.54) is 0 Å². The lowest BCUT2D eigenvalue weighted by Crippen LogP contribution is -2.36. The van der Waals surface area contributed by atoms with Gasteiger partial charge in [0.1, 0.15) is 17.5 Å². The van der Waals surface area contributed by atoms with Crippen LogP contribution in [0.3, 0.4) is 0 Å². The van der Waals surface area contributed by atoms with Gasteiger partial charge in [-0.05, 0) is 38.2 Å². The molecular weight excluding hydrogens is 332 g/mol. The van der Waals surface area contributed by atoms with Crippen LogP contribution < -0.4 is 0 Å². The topological polar surface area (TPSA) is 99.4 Å². The first-order valence-corrected chi connectivity index (χ1v) is 9.34. The molecule has 0 bridgehead atoms. The maximum absolute atomic E-state index is 12.7. The summed E-state index contributed by atoms with van der Waals surface area (Å²) in [6.45, 7) is 1.18. The van der Waals surface area contributed by atoms with Crippen LogP contribution >= 0.6 is 0 Å². The van der Waals surface area contributed by atoms with Gasteiger partial charge in [0.25, 0.3) is 0 Å². The fourth-order valence-electron chi connectivity index (χ4n) is 4.51. The zero-order valence-corrected chi connectivity index (χ0v) is 14.5. The number of aliphatic hydroxyl groups excluding tert-OH is 1. The van der Waals surface area contributed by atoms with E-state index >= 15 is 0 Å². The number of fused-ring (bicyclic) bond motifs is 3. The van der Waals surface area contributed by atoms with Gasteiger partial charge in [0.2, 0.25) is 5.91 Å². The summed E-state index contributed by atoms with van der Waals surface area (Å²) in [5, 5.41) is 19.4. The summed E-state index contributed by atoms with van der Waals surface area (Å²) in [5.74, 6) is 0.610. The normalized spacial score (nSPS) is 26.8. The maximum Gasteiger partial charge on any atom is 0.225 e. The Morgan fingerprint density at radius 3 is 2.85 bits per heavy atom. The molecule has 0 radical (unpaired) electrons. The molecule has 0 unspecified atom stereocenters. The number of nitrogens with zero attached hydrogens (tertiary/aromatic N) is 5. The van der Waals surface area contributed by atoms with Gasteiger partial charge in [-0.1, -0.05) is 5.21 Å². The fraction of sp³-hybridized carbons (Fsp3) is 0.556. The van der Waals surface area contributed by atoms with E-state index in [1.54, 1.807) is 10.8 Å². The Balaban J connectivity index is 1.35. The molecule has 0 spiro atoms. The second kappa shape index (κ2) is 6.05. The lowest BCUT2D eigenvalue weighted by Gasteiger charge is -2.29. The highest BCUT2D eigenvalue weighted by Crippen LogP contribution is 2.38. The lowest BCUT2D eigenvalue weighted by atomic mass is 9.79. The highest BCUT2D eigenvalue weighted by molar-refractivity contribution is 5.92. The third-order valence-corrected chi connectivity index (χ3v) is 5.94. The van der Waals surface area contributed by atoms with Crippen LogP contribution in [0.15, 0.2) is 18.6 Å². The van der Waals surface area contributed by atoms with Gasteiger partial charge in [-0.25, -0.2) is 9.50 Å². The molecule has 4 heterocycles. The maximum atomic E-state index is 12.7. The summed E-state index contributed by atoms with van der Waals surface area (Å²) in [5.41, 5.74) is 2.88. The van der Waals surface area contributed by atoms with E-state index in [9.17, 15) is 9.90 Å². The Morgan fingerprint density at radius 1 is 1.23 bits per heavy atom. The minimum atomic E-state index is -0.351.